The van der Waals surface area contributed by atoms with Crippen LogP contribution in [0.3, 0.4) is 0 Å². The van der Waals surface area contributed by atoms with Crippen LogP contribution < -0.4 is 4.90 Å². The van der Waals surface area contributed by atoms with E-state index in [1.54, 1.807) is 6.07 Å². The van der Waals surface area contributed by atoms with Gasteiger partial charge in [0.2, 0.25) is 5.91 Å². The molecule has 7 nitrogen and oxygen atoms in total. The van der Waals surface area contributed by atoms with E-state index in [0.29, 0.717) is 32.0 Å². The highest BCUT2D eigenvalue weighted by Gasteiger charge is 2.38. The van der Waals surface area contributed by atoms with Crippen molar-refractivity contribution in [2.75, 3.05) is 24.5 Å². The van der Waals surface area contributed by atoms with Crippen molar-refractivity contribution in [3.8, 4) is 0 Å². The van der Waals surface area contributed by atoms with Crippen molar-refractivity contribution in [1.82, 2.24) is 24.7 Å². The lowest BCUT2D eigenvalue weighted by Gasteiger charge is -2.37. The van der Waals surface area contributed by atoms with Gasteiger partial charge in [0.15, 0.2) is 5.65 Å². The largest absolute Gasteiger partial charge is 0.453 e. The molecular weight excluding hydrogens is 409 g/mol. The van der Waals surface area contributed by atoms with Crippen LogP contribution >= 0.6 is 0 Å². The monoisotopic (exact) mass is 430 g/mol. The number of piperidine rings is 1. The van der Waals surface area contributed by atoms with Crippen LogP contribution in [0.25, 0.3) is 5.65 Å². The maximum Gasteiger partial charge on any atom is 0.453 e. The quantitative estimate of drug-likeness (QED) is 0.626. The molecule has 0 N–H and O–H groups in total. The van der Waals surface area contributed by atoms with E-state index in [0.717, 1.165) is 23.8 Å². The van der Waals surface area contributed by atoms with Crippen LogP contribution in [0.5, 0.6) is 0 Å². The average Bonchev–Trinajstić information content (AvgIpc) is 3.22. The van der Waals surface area contributed by atoms with Gasteiger partial charge < -0.3 is 9.80 Å². The lowest BCUT2D eigenvalue weighted by molar-refractivity contribution is -0.146. The summed E-state index contributed by atoms with van der Waals surface area (Å²) in [5.74, 6) is -0.875. The zero-order chi connectivity index (χ0) is 21.6. The van der Waals surface area contributed by atoms with E-state index in [1.165, 1.54) is 17.2 Å². The Hall–Kier alpha value is -3.17. The summed E-state index contributed by atoms with van der Waals surface area (Å²) < 4.78 is 40.3. The van der Waals surface area contributed by atoms with Crippen molar-refractivity contribution in [2.24, 2.45) is 5.92 Å². The molecule has 2 aromatic heterocycles. The van der Waals surface area contributed by atoms with Crippen molar-refractivity contribution in [2.45, 2.75) is 32.0 Å². The molecule has 0 spiro atoms. The molecule has 2 aliphatic rings. The van der Waals surface area contributed by atoms with Gasteiger partial charge >= 0.3 is 6.18 Å². The fourth-order valence-electron chi connectivity index (χ4n) is 4.45. The maximum atomic E-state index is 13.2. The molecule has 1 aromatic carbocycles. The summed E-state index contributed by atoms with van der Waals surface area (Å²) in [5.41, 5.74) is 2.49. The summed E-state index contributed by atoms with van der Waals surface area (Å²) in [7, 11) is 0. The zero-order valence-electron chi connectivity index (χ0n) is 16.7. The smallest absolute Gasteiger partial charge is 0.354 e. The minimum Gasteiger partial charge on any atom is -0.354 e. The van der Waals surface area contributed by atoms with E-state index in [4.69, 9.17) is 0 Å². The van der Waals surface area contributed by atoms with Crippen molar-refractivity contribution in [3.05, 3.63) is 53.3 Å². The van der Waals surface area contributed by atoms with Crippen molar-refractivity contribution in [3.63, 3.8) is 0 Å². The molecule has 1 fully saturated rings. The molecule has 0 radical (unpaired) electrons. The SMILES string of the molecule is O=C(C1CCCN(c2ccc3nnc(C(F)(F)F)n3n2)C1)N1CCc2ccccc2C1. The molecule has 3 aromatic rings. The first-order valence-electron chi connectivity index (χ1n) is 10.3. The predicted molar refractivity (Wildman–Crippen MR) is 106 cm³/mol. The van der Waals surface area contributed by atoms with Crippen LogP contribution in [0, 0.1) is 5.92 Å². The van der Waals surface area contributed by atoms with E-state index < -0.39 is 12.0 Å². The van der Waals surface area contributed by atoms with Gasteiger partial charge in [-0.2, -0.15) is 17.7 Å². The Morgan fingerprint density at radius 2 is 1.84 bits per heavy atom. The van der Waals surface area contributed by atoms with Gasteiger partial charge in [0.1, 0.15) is 5.82 Å². The molecule has 162 valence electrons. The maximum absolute atomic E-state index is 13.2. The number of nitrogens with zero attached hydrogens (tertiary/aromatic N) is 6. The number of aromatic nitrogens is 4. The molecule has 1 saturated heterocycles. The van der Waals surface area contributed by atoms with Crippen LogP contribution in [0.15, 0.2) is 36.4 Å². The molecule has 1 amide bonds. The number of halogens is 3. The number of benzene rings is 1. The van der Waals surface area contributed by atoms with Gasteiger partial charge in [0, 0.05) is 26.2 Å². The first kappa shape index (κ1) is 19.8. The molecule has 0 saturated carbocycles. The minimum absolute atomic E-state index is 0.0349. The standard InChI is InChI=1S/C21H21F3N6O/c22-21(23,24)20-26-25-17-7-8-18(27-30(17)20)28-10-3-6-16(13-28)19(31)29-11-9-14-4-1-2-5-15(14)12-29/h1-2,4-5,7-8,16H,3,6,9-13H2. The Balaban J connectivity index is 1.34. The van der Waals surface area contributed by atoms with Gasteiger partial charge in [0.25, 0.3) is 5.82 Å². The fraction of sp³-hybridized carbons (Fsp3) is 0.429. The highest BCUT2D eigenvalue weighted by Crippen LogP contribution is 2.29. The van der Waals surface area contributed by atoms with Gasteiger partial charge in [0.05, 0.1) is 5.92 Å². The number of anilines is 1. The van der Waals surface area contributed by atoms with E-state index in [2.05, 4.69) is 27.4 Å². The predicted octanol–water partition coefficient (Wildman–Crippen LogP) is 2.94. The summed E-state index contributed by atoms with van der Waals surface area (Å²) in [4.78, 5) is 17.0. The molecule has 4 heterocycles. The average molecular weight is 430 g/mol. The molecule has 5 rings (SSSR count). The van der Waals surface area contributed by atoms with E-state index in [9.17, 15) is 18.0 Å². The number of alkyl halides is 3. The Morgan fingerprint density at radius 3 is 2.65 bits per heavy atom. The number of carbonyl (C=O) groups excluding carboxylic acids is 1. The summed E-state index contributed by atoms with van der Waals surface area (Å²) in [6.45, 7) is 2.35. The highest BCUT2D eigenvalue weighted by molar-refractivity contribution is 5.80. The normalized spacial score (nSPS) is 19.5. The first-order valence-corrected chi connectivity index (χ1v) is 10.3. The molecule has 1 unspecified atom stereocenters. The van der Waals surface area contributed by atoms with Crippen LogP contribution in [-0.4, -0.2) is 50.3 Å². The Labute approximate surface area is 176 Å². The molecule has 31 heavy (non-hydrogen) atoms. The molecule has 0 aliphatic carbocycles. The van der Waals surface area contributed by atoms with Gasteiger partial charge in [-0.05, 0) is 42.5 Å². The topological polar surface area (TPSA) is 66.6 Å². The van der Waals surface area contributed by atoms with Crippen molar-refractivity contribution in [1.29, 1.82) is 0 Å². The van der Waals surface area contributed by atoms with Crippen LogP contribution in [0.4, 0.5) is 19.0 Å². The first-order chi connectivity index (χ1) is 14.9. The second kappa shape index (κ2) is 7.51. The number of hydrogen-bond donors (Lipinski definition) is 0. The van der Waals surface area contributed by atoms with Gasteiger partial charge in [-0.25, -0.2) is 0 Å². The minimum atomic E-state index is -4.64. The Bertz CT molecular complexity index is 1130. The third kappa shape index (κ3) is 3.70. The number of amides is 1. The molecule has 2 aliphatic heterocycles. The van der Waals surface area contributed by atoms with E-state index in [1.807, 2.05) is 21.9 Å². The second-order valence-corrected chi connectivity index (χ2v) is 8.05. The molecular formula is C21H21F3N6O. The molecule has 1 atom stereocenters. The lowest BCUT2D eigenvalue weighted by atomic mass is 9.94. The Kier molecular flexibility index (Phi) is 4.79. The Morgan fingerprint density at radius 1 is 1.03 bits per heavy atom. The van der Waals surface area contributed by atoms with Crippen LogP contribution in [0.2, 0.25) is 0 Å². The molecule has 0 bridgehead atoms. The highest BCUT2D eigenvalue weighted by atomic mass is 19.4. The summed E-state index contributed by atoms with van der Waals surface area (Å²) in [5, 5.41) is 10.9. The summed E-state index contributed by atoms with van der Waals surface area (Å²) in [6.07, 6.45) is -2.27. The number of rotatable bonds is 2. The van der Waals surface area contributed by atoms with Gasteiger partial charge in [-0.15, -0.1) is 15.3 Å². The summed E-state index contributed by atoms with van der Waals surface area (Å²) in [6, 6.07) is 11.3. The van der Waals surface area contributed by atoms with Crippen LogP contribution in [-0.2, 0) is 23.9 Å². The molecule has 10 heteroatoms. The van der Waals surface area contributed by atoms with Crippen molar-refractivity contribution < 1.29 is 18.0 Å². The van der Waals surface area contributed by atoms with E-state index >= 15 is 0 Å². The zero-order valence-corrected chi connectivity index (χ0v) is 16.7. The van der Waals surface area contributed by atoms with Crippen molar-refractivity contribution >= 4 is 17.4 Å². The number of fused-ring (bicyclic) bond motifs is 2. The third-order valence-corrected chi connectivity index (χ3v) is 6.04. The number of carbonyl (C=O) groups is 1. The van der Waals surface area contributed by atoms with E-state index in [-0.39, 0.29) is 17.5 Å². The van der Waals surface area contributed by atoms with Crippen LogP contribution in [0.1, 0.15) is 29.8 Å². The fourth-order valence-corrected chi connectivity index (χ4v) is 4.45. The third-order valence-electron chi connectivity index (χ3n) is 6.04. The summed E-state index contributed by atoms with van der Waals surface area (Å²) >= 11 is 0. The lowest BCUT2D eigenvalue weighted by Crippen LogP contribution is -2.46. The second-order valence-electron chi connectivity index (χ2n) is 8.05. The van der Waals surface area contributed by atoms with Gasteiger partial charge in [-0.1, -0.05) is 24.3 Å². The van der Waals surface area contributed by atoms with Gasteiger partial charge in [-0.3, -0.25) is 4.79 Å². The number of hydrogen-bond acceptors (Lipinski definition) is 5.